The summed E-state index contributed by atoms with van der Waals surface area (Å²) in [5.41, 5.74) is 2.19. The molecule has 1 heterocycles. The first-order valence-corrected chi connectivity index (χ1v) is 11.5. The van der Waals surface area contributed by atoms with Gasteiger partial charge in [0.25, 0.3) is 0 Å². The van der Waals surface area contributed by atoms with Gasteiger partial charge in [-0.05, 0) is 50.5 Å². The highest BCUT2D eigenvalue weighted by molar-refractivity contribution is 6.19. The summed E-state index contributed by atoms with van der Waals surface area (Å²) in [5, 5.41) is 9.08. The van der Waals surface area contributed by atoms with Crippen molar-refractivity contribution in [2.75, 3.05) is 14.2 Å². The number of aromatic carboxylic acids is 1. The second kappa shape index (κ2) is 11.1. The maximum absolute atomic E-state index is 12.1. The molecular formula is C29H30O7. The van der Waals surface area contributed by atoms with Gasteiger partial charge in [-0.1, -0.05) is 36.4 Å². The van der Waals surface area contributed by atoms with Gasteiger partial charge in [0.2, 0.25) is 5.78 Å². The van der Waals surface area contributed by atoms with Crippen molar-refractivity contribution < 1.29 is 33.7 Å². The van der Waals surface area contributed by atoms with Crippen LogP contribution < -0.4 is 9.47 Å². The first-order chi connectivity index (χ1) is 17.1. The Morgan fingerprint density at radius 2 is 1.75 bits per heavy atom. The molecule has 0 bridgehead atoms. The molecule has 1 aliphatic carbocycles. The number of fused-ring (bicyclic) bond motifs is 1. The average molecular weight is 491 g/mol. The second-order valence-corrected chi connectivity index (χ2v) is 8.95. The van der Waals surface area contributed by atoms with E-state index < -0.39 is 5.97 Å². The number of rotatable bonds is 6. The zero-order chi connectivity index (χ0) is 26.5. The number of carboxylic acids is 1. The summed E-state index contributed by atoms with van der Waals surface area (Å²) < 4.78 is 15.9. The van der Waals surface area contributed by atoms with E-state index in [0.29, 0.717) is 11.3 Å². The molecule has 4 rings (SSSR count). The van der Waals surface area contributed by atoms with Crippen LogP contribution in [0.15, 0.2) is 78.6 Å². The van der Waals surface area contributed by atoms with Crippen molar-refractivity contribution in [2.45, 2.75) is 38.2 Å². The second-order valence-electron chi connectivity index (χ2n) is 8.95. The van der Waals surface area contributed by atoms with Crippen molar-refractivity contribution in [1.82, 2.24) is 0 Å². The summed E-state index contributed by atoms with van der Waals surface area (Å²) in [4.78, 5) is 34.9. The minimum atomic E-state index is -0.977. The zero-order valence-corrected chi connectivity index (χ0v) is 20.9. The largest absolute Gasteiger partial charge is 0.495 e. The average Bonchev–Trinajstić information content (AvgIpc) is 2.85. The van der Waals surface area contributed by atoms with Crippen LogP contribution in [0.5, 0.6) is 11.5 Å². The van der Waals surface area contributed by atoms with E-state index in [0.717, 1.165) is 29.7 Å². The van der Waals surface area contributed by atoms with E-state index in [1.807, 2.05) is 44.2 Å². The highest BCUT2D eigenvalue weighted by Gasteiger charge is 2.30. The molecule has 0 amide bonds. The van der Waals surface area contributed by atoms with Crippen LogP contribution in [0.1, 0.15) is 47.7 Å². The normalized spacial score (nSPS) is 16.7. The Morgan fingerprint density at radius 1 is 1.06 bits per heavy atom. The van der Waals surface area contributed by atoms with E-state index in [9.17, 15) is 14.4 Å². The lowest BCUT2D eigenvalue weighted by atomic mass is 9.85. The number of ketones is 2. The predicted molar refractivity (Wildman–Crippen MR) is 136 cm³/mol. The molecule has 2 aromatic carbocycles. The van der Waals surface area contributed by atoms with E-state index in [1.165, 1.54) is 32.4 Å². The Balaban J connectivity index is 0.000000202. The number of benzene rings is 2. The smallest absolute Gasteiger partial charge is 0.339 e. The molecule has 0 radical (unpaired) electrons. The van der Waals surface area contributed by atoms with Crippen LogP contribution in [0.2, 0.25) is 0 Å². The van der Waals surface area contributed by atoms with Crippen LogP contribution in [0.3, 0.4) is 0 Å². The maximum atomic E-state index is 12.1. The number of hydrogen-bond donors (Lipinski definition) is 1. The van der Waals surface area contributed by atoms with E-state index >= 15 is 0 Å². The summed E-state index contributed by atoms with van der Waals surface area (Å²) in [6.45, 7) is 7.80. The molecular weight excluding hydrogens is 460 g/mol. The van der Waals surface area contributed by atoms with Gasteiger partial charge in [0, 0.05) is 23.1 Å². The third-order valence-electron chi connectivity index (χ3n) is 6.04. The van der Waals surface area contributed by atoms with Gasteiger partial charge >= 0.3 is 5.97 Å². The molecule has 188 valence electrons. The number of carboxylic acid groups (broad SMARTS) is 1. The number of methoxy groups -OCH3 is 2. The van der Waals surface area contributed by atoms with Crippen LogP contribution in [0.4, 0.5) is 0 Å². The van der Waals surface area contributed by atoms with Gasteiger partial charge in [-0.15, -0.1) is 6.58 Å². The Kier molecular flexibility index (Phi) is 8.14. The molecule has 0 saturated carbocycles. The Morgan fingerprint density at radius 3 is 2.33 bits per heavy atom. The molecule has 0 saturated heterocycles. The van der Waals surface area contributed by atoms with E-state index in [2.05, 4.69) is 6.58 Å². The van der Waals surface area contributed by atoms with Crippen molar-refractivity contribution in [1.29, 1.82) is 0 Å². The van der Waals surface area contributed by atoms with Gasteiger partial charge in [-0.2, -0.15) is 0 Å². The van der Waals surface area contributed by atoms with Gasteiger partial charge in [0.1, 0.15) is 22.7 Å². The highest BCUT2D eigenvalue weighted by Crippen LogP contribution is 2.40. The molecule has 0 spiro atoms. The number of hydrogen-bond acceptors (Lipinski definition) is 6. The summed E-state index contributed by atoms with van der Waals surface area (Å²) in [5.74, 6) is -0.551. The Hall–Kier alpha value is -4.13. The highest BCUT2D eigenvalue weighted by atomic mass is 16.5. The number of carbonyl (C=O) groups is 3. The van der Waals surface area contributed by atoms with Crippen LogP contribution in [-0.2, 0) is 20.7 Å². The molecule has 0 aromatic heterocycles. The fraction of sp³-hybridized carbons (Fsp3) is 0.276. The summed E-state index contributed by atoms with van der Waals surface area (Å²) in [6.07, 6.45) is 5.85. The van der Waals surface area contributed by atoms with Gasteiger partial charge in [0.15, 0.2) is 11.5 Å². The maximum Gasteiger partial charge on any atom is 0.339 e. The van der Waals surface area contributed by atoms with Crippen molar-refractivity contribution >= 4 is 17.5 Å². The molecule has 7 heteroatoms. The topological polar surface area (TPSA) is 99.1 Å². The first-order valence-electron chi connectivity index (χ1n) is 11.5. The third-order valence-corrected chi connectivity index (χ3v) is 6.04. The van der Waals surface area contributed by atoms with Crippen LogP contribution in [-0.4, -0.2) is 42.5 Å². The molecule has 2 aliphatic rings. The SMILES string of the molecule is C=CC(C1=CC(=O)C(OC)=CC1=O)c1ccccc1.COc1c(C(=O)O)ccc2c1CCC(C)(C)O2. The van der Waals surface area contributed by atoms with Crippen molar-refractivity contribution in [2.24, 2.45) is 0 Å². The minimum absolute atomic E-state index is 0.0737. The molecule has 36 heavy (non-hydrogen) atoms. The van der Waals surface area contributed by atoms with Crippen LogP contribution in [0.25, 0.3) is 0 Å². The van der Waals surface area contributed by atoms with Gasteiger partial charge in [-0.25, -0.2) is 4.79 Å². The Bertz CT molecular complexity index is 1240. The molecule has 1 aliphatic heterocycles. The predicted octanol–water partition coefficient (Wildman–Crippen LogP) is 5.06. The van der Waals surface area contributed by atoms with Crippen molar-refractivity contribution in [3.8, 4) is 11.5 Å². The van der Waals surface area contributed by atoms with E-state index in [-0.39, 0.29) is 34.4 Å². The fourth-order valence-electron chi connectivity index (χ4n) is 4.18. The number of carbonyl (C=O) groups excluding carboxylic acids is 2. The molecule has 1 unspecified atom stereocenters. The van der Waals surface area contributed by atoms with Gasteiger partial charge in [0.05, 0.1) is 14.2 Å². The van der Waals surface area contributed by atoms with Crippen LogP contribution >= 0.6 is 0 Å². The number of ether oxygens (including phenoxy) is 3. The van der Waals surface area contributed by atoms with E-state index in [4.69, 9.17) is 19.3 Å². The van der Waals surface area contributed by atoms with Gasteiger partial charge < -0.3 is 19.3 Å². The molecule has 0 fully saturated rings. The minimum Gasteiger partial charge on any atom is -0.495 e. The van der Waals surface area contributed by atoms with Gasteiger partial charge in [-0.3, -0.25) is 9.59 Å². The van der Waals surface area contributed by atoms with Crippen molar-refractivity contribution in [3.63, 3.8) is 0 Å². The molecule has 7 nitrogen and oxygen atoms in total. The standard InChI is InChI=1S/C16H14O3.C13H16O4/c1-3-12(11-7-5-4-6-8-11)13-9-15(18)16(19-2)10-14(13)17;1-13(2)7-6-8-10(17-13)5-4-9(12(14)15)11(8)16-3/h3-10,12H,1H2,2H3;4-5H,6-7H2,1-3H3,(H,14,15). The summed E-state index contributed by atoms with van der Waals surface area (Å²) in [7, 11) is 2.86. The lowest BCUT2D eigenvalue weighted by Crippen LogP contribution is -2.32. The lowest BCUT2D eigenvalue weighted by Gasteiger charge is -2.33. The van der Waals surface area contributed by atoms with Crippen molar-refractivity contribution in [3.05, 3.63) is 95.3 Å². The summed E-state index contributed by atoms with van der Waals surface area (Å²) >= 11 is 0. The fourth-order valence-corrected chi connectivity index (χ4v) is 4.18. The lowest BCUT2D eigenvalue weighted by molar-refractivity contribution is -0.117. The zero-order valence-electron chi connectivity index (χ0n) is 20.9. The summed E-state index contributed by atoms with van der Waals surface area (Å²) in [6, 6.07) is 12.7. The van der Waals surface area contributed by atoms with E-state index in [1.54, 1.807) is 12.1 Å². The quantitative estimate of drug-likeness (QED) is 0.446. The molecule has 1 atom stereocenters. The monoisotopic (exact) mass is 490 g/mol. The van der Waals surface area contributed by atoms with Crippen LogP contribution in [0, 0.1) is 0 Å². The third kappa shape index (κ3) is 5.74. The Labute approximate surface area is 210 Å². The molecule has 2 aromatic rings. The first kappa shape index (κ1) is 26.5. The number of allylic oxidation sites excluding steroid dienone is 4. The molecule has 1 N–H and O–H groups in total.